The van der Waals surface area contributed by atoms with Gasteiger partial charge in [0.1, 0.15) is 12.3 Å². The molecular formula is C11H19F5O2. The van der Waals surface area contributed by atoms with E-state index in [0.29, 0.717) is 19.3 Å². The van der Waals surface area contributed by atoms with Gasteiger partial charge in [-0.05, 0) is 12.8 Å². The highest BCUT2D eigenvalue weighted by Gasteiger charge is 2.38. The minimum absolute atomic E-state index is 0.253. The maximum absolute atomic E-state index is 13.2. The average molecular weight is 278 g/mol. The molecule has 5 unspecified atom stereocenters. The topological polar surface area (TPSA) is 40.5 Å². The van der Waals surface area contributed by atoms with Crippen LogP contribution in [0, 0.1) is 0 Å². The zero-order chi connectivity index (χ0) is 14.1. The van der Waals surface area contributed by atoms with Gasteiger partial charge in [0.15, 0.2) is 12.3 Å². The van der Waals surface area contributed by atoms with Crippen LogP contribution in [-0.4, -0.2) is 47.9 Å². The average Bonchev–Trinajstić information content (AvgIpc) is 2.35. The molecule has 0 radical (unpaired) electrons. The molecule has 0 aliphatic carbocycles. The van der Waals surface area contributed by atoms with E-state index in [1.807, 2.05) is 0 Å². The summed E-state index contributed by atoms with van der Waals surface area (Å²) in [5.74, 6) is 0. The van der Waals surface area contributed by atoms with E-state index < -0.39 is 37.7 Å². The smallest absolute Gasteiger partial charge is 0.225 e. The summed E-state index contributed by atoms with van der Waals surface area (Å²) in [5, 5.41) is 16.9. The molecule has 0 aromatic carbocycles. The summed E-state index contributed by atoms with van der Waals surface area (Å²) in [5.41, 5.74) is 0. The Morgan fingerprint density at radius 2 is 1.33 bits per heavy atom. The number of rotatable bonds is 10. The molecule has 0 saturated heterocycles. The zero-order valence-electron chi connectivity index (χ0n) is 9.91. The fourth-order valence-corrected chi connectivity index (χ4v) is 1.49. The Labute approximate surface area is 103 Å². The molecule has 7 heteroatoms. The molecule has 0 heterocycles. The van der Waals surface area contributed by atoms with Crippen molar-refractivity contribution < 1.29 is 32.2 Å². The molecule has 2 N–H and O–H groups in total. The number of aliphatic hydroxyl groups excluding tert-OH is 2. The summed E-state index contributed by atoms with van der Waals surface area (Å²) in [4.78, 5) is 0. The lowest BCUT2D eigenvalue weighted by Gasteiger charge is -2.21. The first-order chi connectivity index (χ1) is 8.41. The Hall–Kier alpha value is -0.430. The summed E-state index contributed by atoms with van der Waals surface area (Å²) in [7, 11) is 0. The van der Waals surface area contributed by atoms with Crippen molar-refractivity contribution in [3.8, 4) is 0 Å². The first-order valence-corrected chi connectivity index (χ1v) is 5.90. The van der Waals surface area contributed by atoms with Gasteiger partial charge in [-0.1, -0.05) is 19.3 Å². The normalized spacial score (nSPS) is 20.2. The van der Waals surface area contributed by atoms with Gasteiger partial charge in [-0.15, -0.1) is 0 Å². The summed E-state index contributed by atoms with van der Waals surface area (Å²) < 4.78 is 63.1. The molecule has 0 aromatic heterocycles. The van der Waals surface area contributed by atoms with Crippen LogP contribution in [0.4, 0.5) is 22.0 Å². The first kappa shape index (κ1) is 17.6. The quantitative estimate of drug-likeness (QED) is 0.476. The van der Waals surface area contributed by atoms with Crippen LogP contribution in [0.25, 0.3) is 0 Å². The van der Waals surface area contributed by atoms with Crippen molar-refractivity contribution >= 4 is 0 Å². The molecule has 0 amide bonds. The Bertz CT molecular complexity index is 206. The van der Waals surface area contributed by atoms with E-state index in [9.17, 15) is 22.0 Å². The van der Waals surface area contributed by atoms with Crippen LogP contribution in [0.2, 0.25) is 0 Å². The summed E-state index contributed by atoms with van der Waals surface area (Å²) in [6.45, 7) is -0.474. The van der Waals surface area contributed by atoms with Gasteiger partial charge in [0.25, 0.3) is 0 Å². The first-order valence-electron chi connectivity index (χ1n) is 5.90. The third-order valence-corrected chi connectivity index (χ3v) is 2.62. The molecule has 5 atom stereocenters. The molecule has 0 bridgehead atoms. The number of unbranched alkanes of at least 4 members (excludes halogenated alkanes) is 3. The van der Waals surface area contributed by atoms with Crippen LogP contribution in [0.15, 0.2) is 0 Å². The number of hydrogen-bond donors (Lipinski definition) is 2. The van der Waals surface area contributed by atoms with Gasteiger partial charge in [-0.3, -0.25) is 4.39 Å². The molecular weight excluding hydrogens is 259 g/mol. The van der Waals surface area contributed by atoms with Crippen LogP contribution < -0.4 is 0 Å². The van der Waals surface area contributed by atoms with Crippen LogP contribution >= 0.6 is 0 Å². The van der Waals surface area contributed by atoms with Crippen molar-refractivity contribution in [3.63, 3.8) is 0 Å². The van der Waals surface area contributed by atoms with Gasteiger partial charge in [-0.2, -0.15) is 0 Å². The third-order valence-electron chi connectivity index (χ3n) is 2.62. The Morgan fingerprint density at radius 1 is 0.778 bits per heavy atom. The minimum atomic E-state index is -2.95. The van der Waals surface area contributed by atoms with Crippen molar-refractivity contribution in [3.05, 3.63) is 0 Å². The molecule has 110 valence electrons. The molecule has 0 aromatic rings. The van der Waals surface area contributed by atoms with Crippen molar-refractivity contribution in [2.75, 3.05) is 6.67 Å². The largest absolute Gasteiger partial charge is 0.384 e. The predicted molar refractivity (Wildman–Crippen MR) is 56.9 cm³/mol. The van der Waals surface area contributed by atoms with E-state index in [2.05, 4.69) is 0 Å². The molecule has 2 nitrogen and oxygen atoms in total. The van der Waals surface area contributed by atoms with E-state index >= 15 is 0 Å². The summed E-state index contributed by atoms with van der Waals surface area (Å²) in [6, 6.07) is 0. The number of aliphatic hydroxyl groups is 2. The van der Waals surface area contributed by atoms with Crippen LogP contribution in [0.3, 0.4) is 0 Å². The highest BCUT2D eigenvalue weighted by atomic mass is 19.2. The van der Waals surface area contributed by atoms with Crippen molar-refractivity contribution in [1.29, 1.82) is 0 Å². The molecule has 0 fully saturated rings. The lowest BCUT2D eigenvalue weighted by atomic mass is 10.0. The van der Waals surface area contributed by atoms with Crippen LogP contribution in [0.5, 0.6) is 0 Å². The second-order valence-corrected chi connectivity index (χ2v) is 4.16. The Morgan fingerprint density at radius 3 is 1.83 bits per heavy atom. The highest BCUT2D eigenvalue weighted by Crippen LogP contribution is 2.21. The van der Waals surface area contributed by atoms with Crippen molar-refractivity contribution in [2.24, 2.45) is 0 Å². The van der Waals surface area contributed by atoms with E-state index in [1.165, 1.54) is 0 Å². The van der Waals surface area contributed by atoms with E-state index in [4.69, 9.17) is 10.2 Å². The number of alkyl halides is 5. The monoisotopic (exact) mass is 278 g/mol. The Balaban J connectivity index is 3.90. The van der Waals surface area contributed by atoms with Gasteiger partial charge in [0.05, 0.1) is 6.67 Å². The van der Waals surface area contributed by atoms with Crippen LogP contribution in [-0.2, 0) is 0 Å². The standard InChI is InChI=1S/C11H19F5O2/c12-6-4-2-1-3-5-7(13)8(14)9(15)10(17)11(16)18/h7-11,17-18H,1-6H2. The van der Waals surface area contributed by atoms with Gasteiger partial charge < -0.3 is 10.2 Å². The zero-order valence-corrected chi connectivity index (χ0v) is 9.91. The molecule has 18 heavy (non-hydrogen) atoms. The van der Waals surface area contributed by atoms with Gasteiger partial charge in [-0.25, -0.2) is 17.6 Å². The minimum Gasteiger partial charge on any atom is -0.384 e. The SMILES string of the molecule is OC(F)C(O)C(F)C(F)C(F)CCCCCCF. The van der Waals surface area contributed by atoms with E-state index in [-0.39, 0.29) is 12.8 Å². The predicted octanol–water partition coefficient (Wildman–Crippen LogP) is 2.57. The maximum Gasteiger partial charge on any atom is 0.225 e. The molecule has 0 rings (SSSR count). The Kier molecular flexibility index (Phi) is 9.27. The lowest BCUT2D eigenvalue weighted by Crippen LogP contribution is -2.42. The summed E-state index contributed by atoms with van der Waals surface area (Å²) in [6.07, 6.45) is -11.9. The van der Waals surface area contributed by atoms with Crippen molar-refractivity contribution in [1.82, 2.24) is 0 Å². The second kappa shape index (κ2) is 9.49. The van der Waals surface area contributed by atoms with E-state index in [0.717, 1.165) is 0 Å². The third kappa shape index (κ3) is 6.49. The number of halogens is 5. The van der Waals surface area contributed by atoms with Gasteiger partial charge in [0, 0.05) is 0 Å². The van der Waals surface area contributed by atoms with Gasteiger partial charge >= 0.3 is 0 Å². The van der Waals surface area contributed by atoms with Gasteiger partial charge in [0.2, 0.25) is 6.36 Å². The number of hydrogen-bond acceptors (Lipinski definition) is 2. The van der Waals surface area contributed by atoms with E-state index in [1.54, 1.807) is 0 Å². The second-order valence-electron chi connectivity index (χ2n) is 4.16. The summed E-state index contributed by atoms with van der Waals surface area (Å²) >= 11 is 0. The fraction of sp³-hybridized carbons (Fsp3) is 1.00. The highest BCUT2D eigenvalue weighted by molar-refractivity contribution is 4.83. The molecule has 0 aliphatic heterocycles. The van der Waals surface area contributed by atoms with Crippen molar-refractivity contribution in [2.45, 2.75) is 63.1 Å². The lowest BCUT2D eigenvalue weighted by molar-refractivity contribution is -0.117. The molecule has 0 spiro atoms. The molecule has 0 aliphatic rings. The fourth-order valence-electron chi connectivity index (χ4n) is 1.49. The van der Waals surface area contributed by atoms with Crippen LogP contribution in [0.1, 0.15) is 32.1 Å². The molecule has 0 saturated carbocycles. The maximum atomic E-state index is 13.2.